The average molecular weight is 412 g/mol. The van der Waals surface area contributed by atoms with Crippen LogP contribution in [0.15, 0.2) is 59.9 Å². The maximum absolute atomic E-state index is 11.7. The van der Waals surface area contributed by atoms with E-state index in [1.54, 1.807) is 59.0 Å². The lowest BCUT2D eigenvalue weighted by Gasteiger charge is -2.04. The highest BCUT2D eigenvalue weighted by Crippen LogP contribution is 2.26. The first-order valence-corrected chi connectivity index (χ1v) is 10.8. The Kier molecular flexibility index (Phi) is 4.81. The molecule has 0 unspecified atom stereocenters. The van der Waals surface area contributed by atoms with Crippen molar-refractivity contribution < 1.29 is 13.5 Å². The van der Waals surface area contributed by atoms with Crippen LogP contribution in [0.3, 0.4) is 0 Å². The molecule has 0 aliphatic rings. The number of hydrogen-bond acceptors (Lipinski definition) is 7. The van der Waals surface area contributed by atoms with Gasteiger partial charge in [-0.1, -0.05) is 12.1 Å². The van der Waals surface area contributed by atoms with Crippen molar-refractivity contribution >= 4 is 27.1 Å². The Hall–Kier alpha value is -3.24. The summed E-state index contributed by atoms with van der Waals surface area (Å²) >= 11 is 0. The second kappa shape index (κ2) is 7.30. The van der Waals surface area contributed by atoms with Crippen LogP contribution in [0.25, 0.3) is 16.8 Å². The molecule has 9 nitrogen and oxygen atoms in total. The summed E-state index contributed by atoms with van der Waals surface area (Å²) in [5.41, 5.74) is 3.02. The molecule has 3 heterocycles. The minimum atomic E-state index is -3.25. The number of nitrogens with one attached hydrogen (secondary N) is 1. The van der Waals surface area contributed by atoms with Crippen molar-refractivity contribution in [2.24, 2.45) is 0 Å². The Bertz CT molecular complexity index is 1260. The monoisotopic (exact) mass is 412 g/mol. The standard InChI is InChI=1S/C19H20N6O3S/c1-13(26)11-24-12-15(10-20-24)21-19-22-18-17(4-3-9-25(18)23-19)14-5-7-16(8-6-14)29(2,27)28/h3-10,12-13,26H,11H2,1-2H3,(H,21,23)/t13-/m1/s1. The predicted octanol–water partition coefficient (Wildman–Crippen LogP) is 2.12. The summed E-state index contributed by atoms with van der Waals surface area (Å²) in [6.45, 7) is 2.09. The molecule has 1 atom stereocenters. The molecule has 0 amide bonds. The Morgan fingerprint density at radius 1 is 1.21 bits per heavy atom. The third-order valence-corrected chi connectivity index (χ3v) is 5.42. The van der Waals surface area contributed by atoms with Gasteiger partial charge >= 0.3 is 0 Å². The van der Waals surface area contributed by atoms with Crippen molar-refractivity contribution in [1.82, 2.24) is 24.4 Å². The second-order valence-electron chi connectivity index (χ2n) is 6.85. The molecular formula is C19H20N6O3S. The molecule has 150 valence electrons. The second-order valence-corrected chi connectivity index (χ2v) is 8.86. The summed E-state index contributed by atoms with van der Waals surface area (Å²) in [6.07, 6.45) is 5.89. The van der Waals surface area contributed by atoms with Crippen LogP contribution in [-0.4, -0.2) is 50.3 Å². The zero-order chi connectivity index (χ0) is 20.6. The highest BCUT2D eigenvalue weighted by molar-refractivity contribution is 7.90. The van der Waals surface area contributed by atoms with E-state index in [9.17, 15) is 13.5 Å². The van der Waals surface area contributed by atoms with Crippen LogP contribution in [0, 0.1) is 0 Å². The first-order valence-electron chi connectivity index (χ1n) is 8.93. The number of aromatic nitrogens is 5. The summed E-state index contributed by atoms with van der Waals surface area (Å²) in [5, 5.41) is 21.2. The van der Waals surface area contributed by atoms with Crippen molar-refractivity contribution in [2.45, 2.75) is 24.5 Å². The molecule has 0 radical (unpaired) electrons. The maximum atomic E-state index is 11.7. The molecule has 0 aliphatic heterocycles. The van der Waals surface area contributed by atoms with Crippen molar-refractivity contribution in [3.63, 3.8) is 0 Å². The van der Waals surface area contributed by atoms with Gasteiger partial charge in [-0.15, -0.1) is 5.10 Å². The highest BCUT2D eigenvalue weighted by atomic mass is 32.2. The third-order valence-electron chi connectivity index (χ3n) is 4.30. The molecule has 2 N–H and O–H groups in total. The van der Waals surface area contributed by atoms with Gasteiger partial charge in [-0.05, 0) is 36.8 Å². The van der Waals surface area contributed by atoms with Crippen LogP contribution >= 0.6 is 0 Å². The SMILES string of the molecule is C[C@@H](O)Cn1cc(Nc2nc3c(-c4ccc(S(C)(=O)=O)cc4)cccn3n2)cn1. The van der Waals surface area contributed by atoms with Gasteiger partial charge in [0.15, 0.2) is 15.5 Å². The Balaban J connectivity index is 1.64. The Morgan fingerprint density at radius 3 is 2.66 bits per heavy atom. The number of benzene rings is 1. The number of nitrogens with zero attached hydrogens (tertiary/aromatic N) is 5. The molecule has 0 aliphatic carbocycles. The molecular weight excluding hydrogens is 392 g/mol. The van der Waals surface area contributed by atoms with E-state index in [2.05, 4.69) is 20.5 Å². The van der Waals surface area contributed by atoms with Gasteiger partial charge in [-0.2, -0.15) is 10.1 Å². The molecule has 4 aromatic rings. The maximum Gasteiger partial charge on any atom is 0.247 e. The number of hydrogen-bond donors (Lipinski definition) is 2. The highest BCUT2D eigenvalue weighted by Gasteiger charge is 2.12. The van der Waals surface area contributed by atoms with Gasteiger partial charge in [-0.25, -0.2) is 12.9 Å². The summed E-state index contributed by atoms with van der Waals surface area (Å²) in [5.74, 6) is 0.404. The van der Waals surface area contributed by atoms with Gasteiger partial charge in [0.1, 0.15) is 0 Å². The Morgan fingerprint density at radius 2 is 1.97 bits per heavy atom. The summed E-state index contributed by atoms with van der Waals surface area (Å²) in [6, 6.07) is 10.4. The number of rotatable bonds is 6. The van der Waals surface area contributed by atoms with Crippen molar-refractivity contribution in [1.29, 1.82) is 0 Å². The molecule has 10 heteroatoms. The predicted molar refractivity (Wildman–Crippen MR) is 109 cm³/mol. The van der Waals surface area contributed by atoms with E-state index in [-0.39, 0.29) is 4.90 Å². The fourth-order valence-corrected chi connectivity index (χ4v) is 3.62. The van der Waals surface area contributed by atoms with Crippen molar-refractivity contribution in [3.05, 3.63) is 55.0 Å². The van der Waals surface area contributed by atoms with E-state index in [4.69, 9.17) is 0 Å². The van der Waals surface area contributed by atoms with E-state index < -0.39 is 15.9 Å². The number of aliphatic hydroxyl groups is 1. The first-order chi connectivity index (χ1) is 13.8. The first kappa shape index (κ1) is 19.1. The minimum Gasteiger partial charge on any atom is -0.391 e. The third kappa shape index (κ3) is 4.13. The molecule has 1 aromatic carbocycles. The fraction of sp³-hybridized carbons (Fsp3) is 0.211. The molecule has 0 saturated carbocycles. The van der Waals surface area contributed by atoms with Gasteiger partial charge in [0.2, 0.25) is 5.95 Å². The summed E-state index contributed by atoms with van der Waals surface area (Å²) in [4.78, 5) is 4.83. The van der Waals surface area contributed by atoms with Crippen molar-refractivity contribution in [2.75, 3.05) is 11.6 Å². The van der Waals surface area contributed by atoms with E-state index in [0.29, 0.717) is 23.8 Å². The van der Waals surface area contributed by atoms with Crippen LogP contribution < -0.4 is 5.32 Å². The lowest BCUT2D eigenvalue weighted by atomic mass is 10.1. The zero-order valence-electron chi connectivity index (χ0n) is 15.9. The number of fused-ring (bicyclic) bond motifs is 1. The van der Waals surface area contributed by atoms with E-state index in [1.165, 1.54) is 6.26 Å². The molecule has 0 saturated heterocycles. The van der Waals surface area contributed by atoms with Gasteiger partial charge in [0, 0.05) is 24.2 Å². The summed E-state index contributed by atoms with van der Waals surface area (Å²) < 4.78 is 26.6. The molecule has 3 aromatic heterocycles. The van der Waals surface area contributed by atoms with Crippen LogP contribution in [0.5, 0.6) is 0 Å². The fourth-order valence-electron chi connectivity index (χ4n) is 2.99. The molecule has 0 spiro atoms. The normalized spacial score (nSPS) is 12.9. The quantitative estimate of drug-likeness (QED) is 0.498. The Labute approximate surface area is 167 Å². The summed E-state index contributed by atoms with van der Waals surface area (Å²) in [7, 11) is -3.25. The molecule has 4 rings (SSSR count). The number of aliphatic hydroxyl groups excluding tert-OH is 1. The van der Waals surface area contributed by atoms with Crippen LogP contribution in [0.1, 0.15) is 6.92 Å². The van der Waals surface area contributed by atoms with E-state index in [0.717, 1.165) is 11.1 Å². The number of sulfone groups is 1. The van der Waals surface area contributed by atoms with Gasteiger partial charge < -0.3 is 10.4 Å². The van der Waals surface area contributed by atoms with Crippen LogP contribution in [0.2, 0.25) is 0 Å². The molecule has 0 fully saturated rings. The smallest absolute Gasteiger partial charge is 0.247 e. The van der Waals surface area contributed by atoms with Gasteiger partial charge in [0.25, 0.3) is 0 Å². The van der Waals surface area contributed by atoms with Gasteiger partial charge in [0.05, 0.1) is 29.4 Å². The van der Waals surface area contributed by atoms with Crippen LogP contribution in [0.4, 0.5) is 11.6 Å². The lowest BCUT2D eigenvalue weighted by molar-refractivity contribution is 0.168. The van der Waals surface area contributed by atoms with Gasteiger partial charge in [-0.3, -0.25) is 4.68 Å². The average Bonchev–Trinajstić information content (AvgIpc) is 3.26. The van der Waals surface area contributed by atoms with E-state index in [1.807, 2.05) is 12.1 Å². The molecule has 0 bridgehead atoms. The lowest BCUT2D eigenvalue weighted by Crippen LogP contribution is -2.11. The number of anilines is 2. The largest absolute Gasteiger partial charge is 0.391 e. The molecule has 29 heavy (non-hydrogen) atoms. The number of pyridine rings is 1. The minimum absolute atomic E-state index is 0.270. The van der Waals surface area contributed by atoms with Crippen LogP contribution in [-0.2, 0) is 16.4 Å². The van der Waals surface area contributed by atoms with E-state index >= 15 is 0 Å². The topological polar surface area (TPSA) is 114 Å². The van der Waals surface area contributed by atoms with Crippen molar-refractivity contribution in [3.8, 4) is 11.1 Å². The zero-order valence-corrected chi connectivity index (χ0v) is 16.7.